The van der Waals surface area contributed by atoms with Gasteiger partial charge in [0.05, 0.1) is 36.2 Å². The average molecular weight is 425 g/mol. The summed E-state index contributed by atoms with van der Waals surface area (Å²) in [6.45, 7) is 1.74. The molecule has 1 heterocycles. The van der Waals surface area contributed by atoms with Crippen molar-refractivity contribution in [3.05, 3.63) is 95.1 Å². The standard InChI is InChI=1S/C27H23NO4/c1-15(29)27-20-9-5-3-7-18(20)22(19-8-4-6-10-21(19)27)23-24(27)26(31)28(25(23)30)16-11-13-17(32-2)14-12-16/h3-15,22-24,29H,1-2H3/t15-,22?,23+,24-,27?/m1/s1. The molecule has 1 N–H and O–H groups in total. The van der Waals surface area contributed by atoms with Crippen LogP contribution >= 0.6 is 0 Å². The molecule has 0 radical (unpaired) electrons. The number of carbonyl (C=O) groups is 2. The van der Waals surface area contributed by atoms with Gasteiger partial charge in [-0.2, -0.15) is 0 Å². The van der Waals surface area contributed by atoms with Crippen LogP contribution in [0.4, 0.5) is 5.69 Å². The second kappa shape index (κ2) is 6.53. The first kappa shape index (κ1) is 19.3. The maximum absolute atomic E-state index is 14.0. The number of imide groups is 1. The lowest BCUT2D eigenvalue weighted by Gasteiger charge is -2.55. The lowest BCUT2D eigenvalue weighted by molar-refractivity contribution is -0.126. The minimum Gasteiger partial charge on any atom is -0.497 e. The molecule has 0 aromatic heterocycles. The second-order valence-electron chi connectivity index (χ2n) is 8.91. The molecule has 1 saturated heterocycles. The highest BCUT2D eigenvalue weighted by Gasteiger charge is 2.69. The summed E-state index contributed by atoms with van der Waals surface area (Å²) >= 11 is 0. The number of carbonyl (C=O) groups excluding carboxylic acids is 2. The quantitative estimate of drug-likeness (QED) is 0.651. The summed E-state index contributed by atoms with van der Waals surface area (Å²) in [5.41, 5.74) is 3.54. The van der Waals surface area contributed by atoms with Crippen LogP contribution in [0.1, 0.15) is 35.1 Å². The molecule has 1 aliphatic heterocycles. The van der Waals surface area contributed by atoms with E-state index in [2.05, 4.69) is 0 Å². The van der Waals surface area contributed by atoms with Crippen LogP contribution in [0.5, 0.6) is 5.75 Å². The monoisotopic (exact) mass is 425 g/mol. The summed E-state index contributed by atoms with van der Waals surface area (Å²) in [4.78, 5) is 29.2. The number of aliphatic hydroxyl groups excluding tert-OH is 1. The zero-order valence-electron chi connectivity index (χ0n) is 17.9. The third-order valence-electron chi connectivity index (χ3n) is 7.67. The predicted octanol–water partition coefficient (Wildman–Crippen LogP) is 3.63. The molecule has 5 nitrogen and oxygen atoms in total. The molecule has 7 rings (SSSR count). The Hall–Kier alpha value is -3.44. The van der Waals surface area contributed by atoms with E-state index < -0.39 is 23.4 Å². The molecule has 0 unspecified atom stereocenters. The first-order chi connectivity index (χ1) is 15.5. The van der Waals surface area contributed by atoms with Gasteiger partial charge < -0.3 is 9.84 Å². The molecule has 3 aromatic carbocycles. The lowest BCUT2D eigenvalue weighted by Crippen LogP contribution is -2.58. The Balaban J connectivity index is 1.62. The number of methoxy groups -OCH3 is 1. The highest BCUT2D eigenvalue weighted by atomic mass is 16.5. The topological polar surface area (TPSA) is 66.8 Å². The fraction of sp³-hybridized carbons (Fsp3) is 0.259. The van der Waals surface area contributed by atoms with Gasteiger partial charge in [-0.25, -0.2) is 4.90 Å². The Bertz CT molecular complexity index is 1220. The van der Waals surface area contributed by atoms with E-state index in [0.29, 0.717) is 11.4 Å². The van der Waals surface area contributed by atoms with E-state index in [4.69, 9.17) is 4.74 Å². The molecule has 0 spiro atoms. The van der Waals surface area contributed by atoms with E-state index in [9.17, 15) is 14.7 Å². The van der Waals surface area contributed by atoms with Gasteiger partial charge in [-0.1, -0.05) is 48.5 Å². The Morgan fingerprint density at radius 1 is 0.875 bits per heavy atom. The van der Waals surface area contributed by atoms with E-state index in [1.54, 1.807) is 38.3 Å². The number of nitrogens with zero attached hydrogens (tertiary/aromatic N) is 1. The number of rotatable bonds is 3. The second-order valence-corrected chi connectivity index (χ2v) is 8.91. The highest BCUT2D eigenvalue weighted by molar-refractivity contribution is 6.23. The molecular weight excluding hydrogens is 402 g/mol. The van der Waals surface area contributed by atoms with Crippen LogP contribution in [-0.2, 0) is 15.0 Å². The molecule has 3 atom stereocenters. The van der Waals surface area contributed by atoms with E-state index in [1.807, 2.05) is 48.5 Å². The van der Waals surface area contributed by atoms with Crippen molar-refractivity contribution >= 4 is 17.5 Å². The smallest absolute Gasteiger partial charge is 0.239 e. The van der Waals surface area contributed by atoms with Crippen molar-refractivity contribution in [2.75, 3.05) is 12.0 Å². The first-order valence-corrected chi connectivity index (χ1v) is 10.9. The molecule has 32 heavy (non-hydrogen) atoms. The minimum atomic E-state index is -0.972. The van der Waals surface area contributed by atoms with Gasteiger partial charge in [0.2, 0.25) is 11.8 Å². The van der Waals surface area contributed by atoms with Crippen molar-refractivity contribution in [1.29, 1.82) is 0 Å². The molecular formula is C27H23NO4. The third kappa shape index (κ3) is 2.12. The number of benzene rings is 3. The van der Waals surface area contributed by atoms with Crippen LogP contribution in [0.25, 0.3) is 0 Å². The maximum Gasteiger partial charge on any atom is 0.239 e. The highest BCUT2D eigenvalue weighted by Crippen LogP contribution is 2.65. The van der Waals surface area contributed by atoms with Crippen LogP contribution in [0.15, 0.2) is 72.8 Å². The summed E-state index contributed by atoms with van der Waals surface area (Å²) in [6, 6.07) is 22.9. The number of hydrogen-bond acceptors (Lipinski definition) is 4. The van der Waals surface area contributed by atoms with Crippen LogP contribution in [0.2, 0.25) is 0 Å². The zero-order chi connectivity index (χ0) is 22.2. The van der Waals surface area contributed by atoms with E-state index >= 15 is 0 Å². The fourth-order valence-electron chi connectivity index (χ4n) is 6.53. The Morgan fingerprint density at radius 2 is 1.44 bits per heavy atom. The van der Waals surface area contributed by atoms with Crippen LogP contribution in [0, 0.1) is 11.8 Å². The van der Waals surface area contributed by atoms with Crippen molar-refractivity contribution < 1.29 is 19.4 Å². The van der Waals surface area contributed by atoms with Crippen LogP contribution in [0.3, 0.4) is 0 Å². The molecule has 0 saturated carbocycles. The molecule has 2 amide bonds. The van der Waals surface area contributed by atoms with Gasteiger partial charge in [-0.05, 0) is 53.4 Å². The van der Waals surface area contributed by atoms with Gasteiger partial charge in [0.1, 0.15) is 5.75 Å². The SMILES string of the molecule is COc1ccc(N2C(=O)[C@H]3C4c5ccccc5C([C@@H](C)O)(c5ccccc54)[C@H]3C2=O)cc1. The van der Waals surface area contributed by atoms with Crippen molar-refractivity contribution in [3.63, 3.8) is 0 Å². The summed E-state index contributed by atoms with van der Waals surface area (Å²) in [5, 5.41) is 11.3. The predicted molar refractivity (Wildman–Crippen MR) is 120 cm³/mol. The third-order valence-corrected chi connectivity index (χ3v) is 7.67. The van der Waals surface area contributed by atoms with Gasteiger partial charge >= 0.3 is 0 Å². The van der Waals surface area contributed by atoms with Crippen LogP contribution < -0.4 is 9.64 Å². The molecule has 160 valence electrons. The van der Waals surface area contributed by atoms with Crippen molar-refractivity contribution in [2.24, 2.45) is 11.8 Å². The first-order valence-electron chi connectivity index (χ1n) is 10.9. The number of hydrogen-bond donors (Lipinski definition) is 1. The molecule has 2 bridgehead atoms. The molecule has 3 aromatic rings. The molecule has 4 aliphatic rings. The number of anilines is 1. The molecule has 3 aliphatic carbocycles. The maximum atomic E-state index is 14.0. The largest absolute Gasteiger partial charge is 0.497 e. The van der Waals surface area contributed by atoms with E-state index in [-0.39, 0.29) is 17.7 Å². The van der Waals surface area contributed by atoms with Crippen molar-refractivity contribution in [1.82, 2.24) is 0 Å². The number of ether oxygens (including phenoxy) is 1. The summed E-state index contributed by atoms with van der Waals surface area (Å²) in [6.07, 6.45) is -0.855. The van der Waals surface area contributed by atoms with Crippen LogP contribution in [-0.4, -0.2) is 30.1 Å². The average Bonchev–Trinajstić information content (AvgIpc) is 3.09. The number of amides is 2. The molecule has 5 heteroatoms. The molecule has 1 fully saturated rings. The van der Waals surface area contributed by atoms with Gasteiger partial charge in [0, 0.05) is 5.92 Å². The zero-order valence-corrected chi connectivity index (χ0v) is 17.9. The minimum absolute atomic E-state index is 0.204. The van der Waals surface area contributed by atoms with Gasteiger partial charge in [0.25, 0.3) is 0 Å². The Morgan fingerprint density at radius 3 is 1.97 bits per heavy atom. The Kier molecular flexibility index (Phi) is 3.93. The normalized spacial score (nSPS) is 28.2. The summed E-state index contributed by atoms with van der Waals surface area (Å²) in [7, 11) is 1.58. The van der Waals surface area contributed by atoms with Gasteiger partial charge in [-0.3, -0.25) is 9.59 Å². The van der Waals surface area contributed by atoms with E-state index in [1.165, 1.54) is 4.90 Å². The van der Waals surface area contributed by atoms with Gasteiger partial charge in [0.15, 0.2) is 0 Å². The van der Waals surface area contributed by atoms with Crippen molar-refractivity contribution in [3.8, 4) is 5.75 Å². The van der Waals surface area contributed by atoms with E-state index in [0.717, 1.165) is 22.3 Å². The fourth-order valence-corrected chi connectivity index (χ4v) is 6.53. The number of aliphatic hydroxyl groups is 1. The van der Waals surface area contributed by atoms with Crippen molar-refractivity contribution in [2.45, 2.75) is 24.4 Å². The van der Waals surface area contributed by atoms with Gasteiger partial charge in [-0.15, -0.1) is 0 Å². The summed E-state index contributed by atoms with van der Waals surface area (Å²) < 4.78 is 5.23. The Labute approximate surface area is 186 Å². The summed E-state index contributed by atoms with van der Waals surface area (Å²) in [5.74, 6) is -1.22. The lowest BCUT2D eigenvalue weighted by atomic mass is 9.46.